The molecule has 6 rings (SSSR count). The van der Waals surface area contributed by atoms with E-state index in [1.54, 1.807) is 0 Å². The van der Waals surface area contributed by atoms with E-state index in [0.29, 0.717) is 17.9 Å². The molecule has 0 aromatic heterocycles. The van der Waals surface area contributed by atoms with Gasteiger partial charge in [0.15, 0.2) is 0 Å². The summed E-state index contributed by atoms with van der Waals surface area (Å²) < 4.78 is 27.8. The lowest BCUT2D eigenvalue weighted by Crippen LogP contribution is -2.57. The fourth-order valence-electron chi connectivity index (χ4n) is 6.57. The highest BCUT2D eigenvalue weighted by Gasteiger charge is 2.44. The lowest BCUT2D eigenvalue weighted by atomic mass is 9.84. The predicted molar refractivity (Wildman–Crippen MR) is 163 cm³/mol. The van der Waals surface area contributed by atoms with Crippen LogP contribution in [0.25, 0.3) is 0 Å². The number of amides is 2. The largest absolute Gasteiger partial charge is 0.391 e. The molecular formula is C34H44F2N4O3. The van der Waals surface area contributed by atoms with Crippen molar-refractivity contribution in [2.45, 2.75) is 82.4 Å². The van der Waals surface area contributed by atoms with Crippen LogP contribution in [0, 0.1) is 23.5 Å². The zero-order chi connectivity index (χ0) is 30.4. The zero-order valence-corrected chi connectivity index (χ0v) is 25.0. The van der Waals surface area contributed by atoms with Crippen molar-refractivity contribution in [2.75, 3.05) is 26.2 Å². The van der Waals surface area contributed by atoms with E-state index >= 15 is 0 Å². The third-order valence-corrected chi connectivity index (χ3v) is 9.38. The lowest BCUT2D eigenvalue weighted by molar-refractivity contribution is -0.123. The maximum atomic E-state index is 13.9. The smallest absolute Gasteiger partial charge is 0.245 e. The lowest BCUT2D eigenvalue weighted by Gasteiger charge is -2.44. The molecule has 0 spiro atoms. The summed E-state index contributed by atoms with van der Waals surface area (Å²) in [6.07, 6.45) is 6.41. The van der Waals surface area contributed by atoms with Crippen molar-refractivity contribution in [3.63, 3.8) is 0 Å². The topological polar surface area (TPSA) is 94.0 Å². The van der Waals surface area contributed by atoms with Gasteiger partial charge in [0, 0.05) is 55.7 Å². The SMILES string of the molecule is CCc1cccc(C2(NC[C@@H](O)C(C=NC(=O)CCCC(=O)N[C@@H]3CN4CCC3CC4)Cc3cc(F)cc(F)c3)CC2)c1. The van der Waals surface area contributed by atoms with Gasteiger partial charge in [0.1, 0.15) is 11.6 Å². The first kappa shape index (κ1) is 31.4. The molecule has 2 bridgehead atoms. The Labute approximate surface area is 253 Å². The third kappa shape index (κ3) is 8.55. The minimum atomic E-state index is -0.943. The van der Waals surface area contributed by atoms with Gasteiger partial charge in [-0.25, -0.2) is 13.8 Å². The second-order valence-electron chi connectivity index (χ2n) is 12.6. The Morgan fingerprint density at radius 2 is 1.84 bits per heavy atom. The van der Waals surface area contributed by atoms with E-state index in [1.165, 1.54) is 29.5 Å². The summed E-state index contributed by atoms with van der Waals surface area (Å²) in [5.41, 5.74) is 2.61. The number of rotatable bonds is 14. The van der Waals surface area contributed by atoms with E-state index in [1.807, 2.05) is 6.07 Å². The minimum Gasteiger partial charge on any atom is -0.391 e. The first-order valence-electron chi connectivity index (χ1n) is 15.8. The minimum absolute atomic E-state index is 0.0403. The molecule has 4 fully saturated rings. The number of hydrogen-bond donors (Lipinski definition) is 3. The van der Waals surface area contributed by atoms with Gasteiger partial charge >= 0.3 is 0 Å². The summed E-state index contributed by atoms with van der Waals surface area (Å²) in [5, 5.41) is 17.9. The monoisotopic (exact) mass is 594 g/mol. The fourth-order valence-corrected chi connectivity index (χ4v) is 6.57. The van der Waals surface area contributed by atoms with Crippen molar-refractivity contribution in [1.82, 2.24) is 15.5 Å². The molecule has 1 unspecified atom stereocenters. The number of nitrogens with zero attached hydrogens (tertiary/aromatic N) is 2. The molecule has 2 aromatic rings. The van der Waals surface area contributed by atoms with Crippen LogP contribution >= 0.6 is 0 Å². The molecule has 43 heavy (non-hydrogen) atoms. The molecule has 0 radical (unpaired) electrons. The van der Waals surface area contributed by atoms with Gasteiger partial charge in [-0.05, 0) is 92.8 Å². The Kier molecular flexibility index (Phi) is 10.4. The molecule has 3 atom stereocenters. The van der Waals surface area contributed by atoms with Crippen molar-refractivity contribution in [1.29, 1.82) is 0 Å². The number of aliphatic hydroxyl groups excluding tert-OH is 1. The maximum absolute atomic E-state index is 13.9. The zero-order valence-electron chi connectivity index (χ0n) is 25.0. The Bertz CT molecular complexity index is 1290. The van der Waals surface area contributed by atoms with Crippen molar-refractivity contribution >= 4 is 18.0 Å². The maximum Gasteiger partial charge on any atom is 0.245 e. The molecule has 3 N–H and O–H groups in total. The summed E-state index contributed by atoms with van der Waals surface area (Å²) in [7, 11) is 0. The van der Waals surface area contributed by atoms with E-state index in [2.05, 4.69) is 45.6 Å². The normalized spacial score (nSPS) is 23.7. The van der Waals surface area contributed by atoms with Crippen LogP contribution in [0.4, 0.5) is 8.78 Å². The van der Waals surface area contributed by atoms with Gasteiger partial charge in [-0.3, -0.25) is 9.59 Å². The Balaban J connectivity index is 1.16. The molecule has 7 nitrogen and oxygen atoms in total. The van der Waals surface area contributed by atoms with E-state index in [-0.39, 0.29) is 49.2 Å². The molecule has 2 aromatic carbocycles. The molecule has 3 aliphatic heterocycles. The summed E-state index contributed by atoms with van der Waals surface area (Å²) in [6, 6.07) is 11.9. The van der Waals surface area contributed by atoms with Crippen molar-refractivity contribution in [2.24, 2.45) is 16.8 Å². The molecule has 4 aliphatic rings. The molecule has 3 saturated heterocycles. The van der Waals surface area contributed by atoms with Gasteiger partial charge in [-0.15, -0.1) is 0 Å². The van der Waals surface area contributed by atoms with Gasteiger partial charge in [0.25, 0.3) is 0 Å². The van der Waals surface area contributed by atoms with Crippen LogP contribution < -0.4 is 10.6 Å². The van der Waals surface area contributed by atoms with Gasteiger partial charge in [0.2, 0.25) is 11.8 Å². The van der Waals surface area contributed by atoms with Gasteiger partial charge in [-0.2, -0.15) is 0 Å². The van der Waals surface area contributed by atoms with Crippen molar-refractivity contribution < 1.29 is 23.5 Å². The number of piperidine rings is 3. The number of hydrogen-bond acceptors (Lipinski definition) is 5. The molecule has 1 aliphatic carbocycles. The molecule has 3 heterocycles. The number of fused-ring (bicyclic) bond motifs is 3. The quantitative estimate of drug-likeness (QED) is 0.284. The standard InChI is InChI=1S/C34H44F2N4O3/c1-2-23-5-3-6-27(16-23)34(11-12-34)38-21-31(41)26(15-24-17-28(35)19-29(36)18-24)20-37-32(42)7-4-8-33(43)39-30-22-40-13-9-25(30)10-14-40/h3,5-6,16-20,25-26,30-31,38,41H,2,4,7-15,21-22H2,1H3,(H,39,43)/t26?,30-,31-/m1/s1. The molecule has 1 saturated carbocycles. The number of aryl methyl sites for hydroxylation is 1. The van der Waals surface area contributed by atoms with Gasteiger partial charge < -0.3 is 20.6 Å². The van der Waals surface area contributed by atoms with Gasteiger partial charge in [0.05, 0.1) is 6.10 Å². The Hall–Kier alpha value is -3.01. The number of halogens is 2. The Morgan fingerprint density at radius 3 is 2.49 bits per heavy atom. The average molecular weight is 595 g/mol. The van der Waals surface area contributed by atoms with Crippen LogP contribution in [-0.2, 0) is 28.0 Å². The second-order valence-corrected chi connectivity index (χ2v) is 12.6. The van der Waals surface area contributed by atoms with Crippen LogP contribution in [0.3, 0.4) is 0 Å². The van der Waals surface area contributed by atoms with E-state index in [0.717, 1.165) is 57.8 Å². The average Bonchev–Trinajstić information content (AvgIpc) is 3.79. The number of carbonyl (C=O) groups is 2. The van der Waals surface area contributed by atoms with E-state index < -0.39 is 23.7 Å². The van der Waals surface area contributed by atoms with Gasteiger partial charge in [-0.1, -0.05) is 31.2 Å². The summed E-state index contributed by atoms with van der Waals surface area (Å²) in [4.78, 5) is 31.6. The first-order chi connectivity index (χ1) is 20.7. The van der Waals surface area contributed by atoms with Crippen LogP contribution in [0.5, 0.6) is 0 Å². The summed E-state index contributed by atoms with van der Waals surface area (Å²) in [5.74, 6) is -1.92. The first-order valence-corrected chi connectivity index (χ1v) is 15.8. The Morgan fingerprint density at radius 1 is 1.09 bits per heavy atom. The van der Waals surface area contributed by atoms with E-state index in [9.17, 15) is 23.5 Å². The summed E-state index contributed by atoms with van der Waals surface area (Å²) in [6.45, 7) is 5.47. The van der Waals surface area contributed by atoms with Crippen molar-refractivity contribution in [3.8, 4) is 0 Å². The highest BCUT2D eigenvalue weighted by atomic mass is 19.1. The van der Waals surface area contributed by atoms with Crippen molar-refractivity contribution in [3.05, 3.63) is 70.8 Å². The highest BCUT2D eigenvalue weighted by Crippen LogP contribution is 2.45. The molecule has 232 valence electrons. The number of benzene rings is 2. The number of aliphatic imine (C=N–C) groups is 1. The van der Waals surface area contributed by atoms with Crippen LogP contribution in [0.2, 0.25) is 0 Å². The molecular weight excluding hydrogens is 550 g/mol. The van der Waals surface area contributed by atoms with E-state index in [4.69, 9.17) is 0 Å². The van der Waals surface area contributed by atoms with Crippen LogP contribution in [-0.4, -0.2) is 66.4 Å². The third-order valence-electron chi connectivity index (χ3n) is 9.38. The van der Waals surface area contributed by atoms with Crippen LogP contribution in [0.1, 0.15) is 68.6 Å². The highest BCUT2D eigenvalue weighted by molar-refractivity contribution is 5.86. The van der Waals surface area contributed by atoms with Crippen LogP contribution in [0.15, 0.2) is 47.5 Å². The second kappa shape index (κ2) is 14.2. The number of aliphatic hydroxyl groups is 1. The number of carbonyl (C=O) groups excluding carboxylic acids is 2. The fraction of sp³-hybridized carbons (Fsp3) is 0.559. The number of nitrogens with one attached hydrogen (secondary N) is 2. The summed E-state index contributed by atoms with van der Waals surface area (Å²) >= 11 is 0. The predicted octanol–water partition coefficient (Wildman–Crippen LogP) is 4.30. The molecule has 2 amide bonds. The molecule has 9 heteroatoms.